The first-order valence-electron chi connectivity index (χ1n) is 9.27. The van der Waals surface area contributed by atoms with Crippen molar-refractivity contribution in [1.29, 1.82) is 0 Å². The summed E-state index contributed by atoms with van der Waals surface area (Å²) < 4.78 is 40.8. The fraction of sp³-hybridized carbons (Fsp3) is 0.100. The third kappa shape index (κ3) is 5.62. The molecular formula is C20H18FN5O5S. The van der Waals surface area contributed by atoms with Gasteiger partial charge in [-0.2, -0.15) is 0 Å². The molecule has 0 bridgehead atoms. The Kier molecular flexibility index (Phi) is 7.07. The Labute approximate surface area is 182 Å². The van der Waals surface area contributed by atoms with Gasteiger partial charge in [-0.25, -0.2) is 22.5 Å². The van der Waals surface area contributed by atoms with E-state index in [-0.39, 0.29) is 40.7 Å². The fourth-order valence-corrected chi connectivity index (χ4v) is 3.75. The van der Waals surface area contributed by atoms with Crippen LogP contribution in [0.15, 0.2) is 71.8 Å². The monoisotopic (exact) mass is 459 g/mol. The zero-order chi connectivity index (χ0) is 23.1. The molecule has 0 fully saturated rings. The zero-order valence-corrected chi connectivity index (χ0v) is 17.3. The fourth-order valence-electron chi connectivity index (χ4n) is 2.68. The van der Waals surface area contributed by atoms with Gasteiger partial charge in [-0.3, -0.25) is 14.9 Å². The molecule has 1 heterocycles. The highest BCUT2D eigenvalue weighted by Gasteiger charge is 2.18. The van der Waals surface area contributed by atoms with Gasteiger partial charge < -0.3 is 10.6 Å². The molecule has 0 saturated heterocycles. The molecule has 0 atom stereocenters. The molecule has 166 valence electrons. The van der Waals surface area contributed by atoms with E-state index in [0.29, 0.717) is 0 Å². The molecule has 0 aliphatic carbocycles. The van der Waals surface area contributed by atoms with E-state index in [1.165, 1.54) is 54.7 Å². The second-order valence-corrected chi connectivity index (χ2v) is 8.18. The minimum Gasteiger partial charge on any atom is -0.351 e. The van der Waals surface area contributed by atoms with Gasteiger partial charge in [-0.15, -0.1) is 0 Å². The van der Waals surface area contributed by atoms with E-state index in [0.717, 1.165) is 6.07 Å². The number of benzene rings is 2. The number of anilines is 2. The highest BCUT2D eigenvalue weighted by Crippen LogP contribution is 2.21. The summed E-state index contributed by atoms with van der Waals surface area (Å²) in [5.41, 5.74) is -0.0742. The van der Waals surface area contributed by atoms with E-state index in [2.05, 4.69) is 20.3 Å². The SMILES string of the molecule is O=C(NCCNS(=O)(=O)c1cccc([N+](=O)[O-])c1)c1cccnc1Nc1ccccc1F. The van der Waals surface area contributed by atoms with E-state index in [1.807, 2.05) is 0 Å². The average Bonchev–Trinajstić information content (AvgIpc) is 2.78. The maximum atomic E-state index is 13.9. The number of aromatic nitrogens is 1. The van der Waals surface area contributed by atoms with Crippen LogP contribution in [-0.2, 0) is 10.0 Å². The molecule has 1 amide bonds. The van der Waals surface area contributed by atoms with Gasteiger partial charge in [0, 0.05) is 31.4 Å². The van der Waals surface area contributed by atoms with Gasteiger partial charge in [0.15, 0.2) is 0 Å². The Morgan fingerprint density at radius 2 is 1.84 bits per heavy atom. The summed E-state index contributed by atoms with van der Waals surface area (Å²) in [5.74, 6) is -0.932. The summed E-state index contributed by atoms with van der Waals surface area (Å²) >= 11 is 0. The highest BCUT2D eigenvalue weighted by atomic mass is 32.2. The number of nitrogens with zero attached hydrogens (tertiary/aromatic N) is 2. The van der Waals surface area contributed by atoms with Crippen molar-refractivity contribution in [2.75, 3.05) is 18.4 Å². The molecule has 3 aromatic rings. The van der Waals surface area contributed by atoms with Gasteiger partial charge in [0.05, 0.1) is 21.1 Å². The molecule has 0 saturated carbocycles. The number of hydrogen-bond donors (Lipinski definition) is 3. The van der Waals surface area contributed by atoms with Crippen molar-refractivity contribution in [1.82, 2.24) is 15.0 Å². The van der Waals surface area contributed by atoms with Crippen LogP contribution >= 0.6 is 0 Å². The summed E-state index contributed by atoms with van der Waals surface area (Å²) in [5, 5.41) is 16.1. The molecule has 0 unspecified atom stereocenters. The first-order valence-corrected chi connectivity index (χ1v) is 10.7. The van der Waals surface area contributed by atoms with Crippen molar-refractivity contribution in [3.63, 3.8) is 0 Å². The summed E-state index contributed by atoms with van der Waals surface area (Å²) in [6, 6.07) is 13.5. The number of non-ortho nitro benzene ring substituents is 1. The van der Waals surface area contributed by atoms with Crippen molar-refractivity contribution >= 4 is 33.1 Å². The van der Waals surface area contributed by atoms with Crippen molar-refractivity contribution in [2.45, 2.75) is 4.90 Å². The molecular weight excluding hydrogens is 441 g/mol. The van der Waals surface area contributed by atoms with Crippen molar-refractivity contribution in [2.24, 2.45) is 0 Å². The number of rotatable bonds is 9. The number of hydrogen-bond acceptors (Lipinski definition) is 7. The largest absolute Gasteiger partial charge is 0.351 e. The number of carbonyl (C=O) groups excluding carboxylic acids is 1. The van der Waals surface area contributed by atoms with Gasteiger partial charge in [0.1, 0.15) is 11.6 Å². The van der Waals surface area contributed by atoms with Crippen molar-refractivity contribution < 1.29 is 22.5 Å². The predicted molar refractivity (Wildman–Crippen MR) is 115 cm³/mol. The second-order valence-electron chi connectivity index (χ2n) is 6.41. The molecule has 2 aromatic carbocycles. The molecule has 0 aliphatic heterocycles. The lowest BCUT2D eigenvalue weighted by Crippen LogP contribution is -2.35. The Hall–Kier alpha value is -3.90. The molecule has 0 aliphatic rings. The number of halogens is 1. The van der Waals surface area contributed by atoms with E-state index in [9.17, 15) is 27.7 Å². The molecule has 0 radical (unpaired) electrons. The molecule has 3 N–H and O–H groups in total. The average molecular weight is 459 g/mol. The number of sulfonamides is 1. The minimum atomic E-state index is -4.00. The van der Waals surface area contributed by atoms with Crippen molar-refractivity contribution in [3.8, 4) is 0 Å². The quantitative estimate of drug-likeness (QED) is 0.253. The summed E-state index contributed by atoms with van der Waals surface area (Å²) in [4.78, 5) is 26.4. The van der Waals surface area contributed by atoms with E-state index >= 15 is 0 Å². The molecule has 10 nitrogen and oxygen atoms in total. The lowest BCUT2D eigenvalue weighted by molar-refractivity contribution is -0.385. The van der Waals surface area contributed by atoms with E-state index in [4.69, 9.17) is 0 Å². The van der Waals surface area contributed by atoms with Crippen LogP contribution < -0.4 is 15.4 Å². The van der Waals surface area contributed by atoms with Crippen LogP contribution in [0.3, 0.4) is 0 Å². The Morgan fingerprint density at radius 1 is 1.06 bits per heavy atom. The van der Waals surface area contributed by atoms with Gasteiger partial charge in [0.25, 0.3) is 11.6 Å². The summed E-state index contributed by atoms with van der Waals surface area (Å²) in [6.07, 6.45) is 1.44. The minimum absolute atomic E-state index is 0.0684. The van der Waals surface area contributed by atoms with Crippen LogP contribution in [0.5, 0.6) is 0 Å². The topological polar surface area (TPSA) is 143 Å². The van der Waals surface area contributed by atoms with Gasteiger partial charge in [0.2, 0.25) is 10.0 Å². The third-order valence-corrected chi connectivity index (χ3v) is 5.68. The predicted octanol–water partition coefficient (Wildman–Crippen LogP) is 2.58. The molecule has 32 heavy (non-hydrogen) atoms. The Morgan fingerprint density at radius 3 is 2.59 bits per heavy atom. The van der Waals surface area contributed by atoms with Crippen molar-refractivity contribution in [3.05, 3.63) is 88.4 Å². The van der Waals surface area contributed by atoms with E-state index < -0.39 is 26.7 Å². The normalized spacial score (nSPS) is 11.0. The van der Waals surface area contributed by atoms with Crippen LogP contribution in [0, 0.1) is 15.9 Å². The van der Waals surface area contributed by atoms with Gasteiger partial charge in [-0.05, 0) is 30.3 Å². The number of nitrogens with one attached hydrogen (secondary N) is 3. The number of para-hydroxylation sites is 1. The maximum absolute atomic E-state index is 13.9. The summed E-state index contributed by atoms with van der Waals surface area (Å²) in [6.45, 7) is -0.228. The Bertz CT molecular complexity index is 1250. The number of nitro benzene ring substituents is 1. The molecule has 12 heteroatoms. The van der Waals surface area contributed by atoms with Crippen LogP contribution in [0.1, 0.15) is 10.4 Å². The molecule has 1 aromatic heterocycles. The highest BCUT2D eigenvalue weighted by molar-refractivity contribution is 7.89. The number of amides is 1. The van der Waals surface area contributed by atoms with E-state index in [1.54, 1.807) is 6.07 Å². The first-order chi connectivity index (χ1) is 15.3. The molecule has 3 rings (SSSR count). The lowest BCUT2D eigenvalue weighted by atomic mass is 10.2. The smallest absolute Gasteiger partial charge is 0.270 e. The van der Waals surface area contributed by atoms with Gasteiger partial charge >= 0.3 is 0 Å². The van der Waals surface area contributed by atoms with Crippen LogP contribution in [0.25, 0.3) is 0 Å². The van der Waals surface area contributed by atoms with Crippen LogP contribution in [-0.4, -0.2) is 37.3 Å². The van der Waals surface area contributed by atoms with Crippen LogP contribution in [0.2, 0.25) is 0 Å². The number of pyridine rings is 1. The number of carbonyl (C=O) groups is 1. The maximum Gasteiger partial charge on any atom is 0.270 e. The zero-order valence-electron chi connectivity index (χ0n) is 16.5. The first kappa shape index (κ1) is 22.8. The Balaban J connectivity index is 1.60. The van der Waals surface area contributed by atoms with Gasteiger partial charge in [-0.1, -0.05) is 18.2 Å². The second kappa shape index (κ2) is 9.94. The number of nitro groups is 1. The molecule has 0 spiro atoms. The third-order valence-electron chi connectivity index (χ3n) is 4.22. The lowest BCUT2D eigenvalue weighted by Gasteiger charge is -2.12. The standard InChI is InChI=1S/C20H18FN5O5S/c21-17-8-1-2-9-18(17)25-19-16(7-4-10-22-19)20(27)23-11-12-24-32(30,31)15-6-3-5-14(13-15)26(28)29/h1-10,13,24H,11-12H2,(H,22,25)(H,23,27). The van der Waals surface area contributed by atoms with Crippen LogP contribution in [0.4, 0.5) is 21.6 Å². The summed E-state index contributed by atoms with van der Waals surface area (Å²) in [7, 11) is -4.00.